The summed E-state index contributed by atoms with van der Waals surface area (Å²) in [7, 11) is 3.19. The van der Waals surface area contributed by atoms with Crippen LogP contribution >= 0.6 is 0 Å². The Morgan fingerprint density at radius 1 is 1.12 bits per heavy atom. The van der Waals surface area contributed by atoms with Gasteiger partial charge in [-0.3, -0.25) is 14.4 Å². The van der Waals surface area contributed by atoms with E-state index in [-0.39, 0.29) is 29.6 Å². The van der Waals surface area contributed by atoms with Gasteiger partial charge in [-0.15, -0.1) is 0 Å². The number of hydrogen-bond acceptors (Lipinski definition) is 4. The van der Waals surface area contributed by atoms with E-state index in [1.54, 1.807) is 44.6 Å². The van der Waals surface area contributed by atoms with Crippen molar-refractivity contribution in [3.05, 3.63) is 93.8 Å². The topological polar surface area (TPSA) is 84.3 Å². The highest BCUT2D eigenvalue weighted by atomic mass is 19.1. The highest BCUT2D eigenvalue weighted by molar-refractivity contribution is 6.07. The first-order chi connectivity index (χ1) is 16.3. The summed E-state index contributed by atoms with van der Waals surface area (Å²) in [5, 5.41) is 6.94. The summed E-state index contributed by atoms with van der Waals surface area (Å²) in [5.41, 5.74) is 3.48. The molecule has 2 heterocycles. The third-order valence-electron chi connectivity index (χ3n) is 6.07. The molecule has 7 nitrogen and oxygen atoms in total. The average Bonchev–Trinajstić information content (AvgIpc) is 2.83. The maximum Gasteiger partial charge on any atom is 0.274 e. The zero-order valence-corrected chi connectivity index (χ0v) is 19.2. The first kappa shape index (κ1) is 23.1. The van der Waals surface area contributed by atoms with E-state index in [2.05, 4.69) is 10.4 Å². The molecule has 34 heavy (non-hydrogen) atoms. The van der Waals surface area contributed by atoms with Gasteiger partial charge >= 0.3 is 0 Å². The Bertz CT molecular complexity index is 1340. The van der Waals surface area contributed by atoms with Gasteiger partial charge in [0.05, 0.1) is 5.56 Å². The fraction of sp³-hybridized carbons (Fsp3) is 0.231. The number of rotatable bonds is 5. The number of anilines is 1. The number of nitrogens with zero attached hydrogens (tertiary/aromatic N) is 3. The Labute approximate surface area is 196 Å². The van der Waals surface area contributed by atoms with Gasteiger partial charge in [-0.2, -0.15) is 5.10 Å². The lowest BCUT2D eigenvalue weighted by molar-refractivity contribution is -0.128. The Morgan fingerprint density at radius 2 is 1.85 bits per heavy atom. The van der Waals surface area contributed by atoms with E-state index >= 15 is 0 Å². The number of aromatic nitrogens is 2. The largest absolute Gasteiger partial charge is 0.322 e. The van der Waals surface area contributed by atoms with Crippen LogP contribution in [0.1, 0.15) is 30.4 Å². The van der Waals surface area contributed by atoms with Crippen LogP contribution < -0.4 is 10.9 Å². The minimum Gasteiger partial charge on any atom is -0.322 e. The van der Waals surface area contributed by atoms with Crippen LogP contribution in [0.15, 0.2) is 71.3 Å². The van der Waals surface area contributed by atoms with E-state index in [1.807, 2.05) is 19.1 Å². The van der Waals surface area contributed by atoms with E-state index in [4.69, 9.17) is 0 Å². The molecule has 8 heteroatoms. The summed E-state index contributed by atoms with van der Waals surface area (Å²) in [5.74, 6) is -1.37. The molecule has 0 fully saturated rings. The lowest BCUT2D eigenvalue weighted by Crippen LogP contribution is -2.33. The fourth-order valence-electron chi connectivity index (χ4n) is 4.10. The number of carbonyl (C=O) groups excluding carboxylic acids is 2. The molecule has 0 saturated carbocycles. The summed E-state index contributed by atoms with van der Waals surface area (Å²) in [6, 6.07) is 13.0. The summed E-state index contributed by atoms with van der Waals surface area (Å²) >= 11 is 0. The van der Waals surface area contributed by atoms with Crippen LogP contribution in [0, 0.1) is 5.82 Å². The second kappa shape index (κ2) is 9.43. The number of aryl methyl sites for hydroxylation is 2. The first-order valence-corrected chi connectivity index (χ1v) is 11.0. The van der Waals surface area contributed by atoms with Gasteiger partial charge < -0.3 is 10.2 Å². The number of benzene rings is 2. The average molecular weight is 461 g/mol. The molecule has 2 amide bonds. The molecule has 174 valence electrons. The van der Waals surface area contributed by atoms with E-state index < -0.39 is 5.92 Å². The summed E-state index contributed by atoms with van der Waals surface area (Å²) < 4.78 is 14.7. The van der Waals surface area contributed by atoms with Gasteiger partial charge in [0.15, 0.2) is 0 Å². The predicted octanol–water partition coefficient (Wildman–Crippen LogP) is 3.62. The van der Waals surface area contributed by atoms with Gasteiger partial charge in [-0.1, -0.05) is 31.2 Å². The molecule has 1 atom stereocenters. The van der Waals surface area contributed by atoms with E-state index in [0.29, 0.717) is 34.4 Å². The van der Waals surface area contributed by atoms with Crippen LogP contribution in [0.25, 0.3) is 11.1 Å². The molecule has 0 radical (unpaired) electrons. The molecule has 1 aliphatic rings. The third kappa shape index (κ3) is 4.52. The molecule has 1 aliphatic heterocycles. The minimum absolute atomic E-state index is 0.106. The number of amides is 2. The summed E-state index contributed by atoms with van der Waals surface area (Å²) in [6.07, 6.45) is 3.86. The molecule has 0 spiro atoms. The van der Waals surface area contributed by atoms with Crippen molar-refractivity contribution in [2.24, 2.45) is 7.05 Å². The zero-order valence-electron chi connectivity index (χ0n) is 19.2. The number of nitrogens with one attached hydrogen (secondary N) is 1. The second-order valence-electron chi connectivity index (χ2n) is 8.25. The Morgan fingerprint density at radius 3 is 2.56 bits per heavy atom. The van der Waals surface area contributed by atoms with Crippen molar-refractivity contribution < 1.29 is 14.0 Å². The van der Waals surface area contributed by atoms with Gasteiger partial charge in [0.1, 0.15) is 5.82 Å². The highest BCUT2D eigenvalue weighted by Crippen LogP contribution is 2.34. The predicted molar refractivity (Wildman–Crippen MR) is 128 cm³/mol. The van der Waals surface area contributed by atoms with Crippen LogP contribution in [-0.4, -0.2) is 33.5 Å². The van der Waals surface area contributed by atoms with Crippen molar-refractivity contribution in [1.82, 2.24) is 14.7 Å². The first-order valence-electron chi connectivity index (χ1n) is 11.0. The maximum absolute atomic E-state index is 13.5. The SMILES string of the molecule is CCc1ccc(-c2ccnn(C)c2=O)cc1NC(=O)C1=CN(C)C(=O)C[C@H]1c1ccc(F)cc1. The summed E-state index contributed by atoms with van der Waals surface area (Å²) in [6.45, 7) is 1.98. The molecule has 0 bridgehead atoms. The smallest absolute Gasteiger partial charge is 0.274 e. The van der Waals surface area contributed by atoms with E-state index in [0.717, 1.165) is 5.56 Å². The van der Waals surface area contributed by atoms with Crippen molar-refractivity contribution in [2.75, 3.05) is 12.4 Å². The fourth-order valence-corrected chi connectivity index (χ4v) is 4.10. The number of halogens is 1. The second-order valence-corrected chi connectivity index (χ2v) is 8.25. The van der Waals surface area contributed by atoms with Crippen molar-refractivity contribution in [3.8, 4) is 11.1 Å². The third-order valence-corrected chi connectivity index (χ3v) is 6.07. The van der Waals surface area contributed by atoms with Gasteiger partial charge in [0.2, 0.25) is 5.91 Å². The van der Waals surface area contributed by atoms with Crippen LogP contribution in [-0.2, 0) is 23.1 Å². The monoisotopic (exact) mass is 460 g/mol. The van der Waals surface area contributed by atoms with Gasteiger partial charge in [-0.05, 0) is 47.4 Å². The van der Waals surface area contributed by atoms with E-state index in [9.17, 15) is 18.8 Å². The zero-order chi connectivity index (χ0) is 24.4. The van der Waals surface area contributed by atoms with Crippen LogP contribution in [0.2, 0.25) is 0 Å². The minimum atomic E-state index is -0.495. The molecule has 4 rings (SSSR count). The molecule has 3 aromatic rings. The molecular weight excluding hydrogens is 435 g/mol. The van der Waals surface area contributed by atoms with Crippen LogP contribution in [0.4, 0.5) is 10.1 Å². The molecule has 0 aliphatic carbocycles. The molecule has 0 unspecified atom stereocenters. The maximum atomic E-state index is 13.5. The van der Waals surface area contributed by atoms with Gasteiger partial charge in [-0.25, -0.2) is 9.07 Å². The Balaban J connectivity index is 1.70. The van der Waals surface area contributed by atoms with Crippen molar-refractivity contribution in [1.29, 1.82) is 0 Å². The van der Waals surface area contributed by atoms with Crippen molar-refractivity contribution in [3.63, 3.8) is 0 Å². The summed E-state index contributed by atoms with van der Waals surface area (Å²) in [4.78, 5) is 39.7. The highest BCUT2D eigenvalue weighted by Gasteiger charge is 2.31. The molecule has 1 aromatic heterocycles. The standard InChI is InChI=1S/C26H25FN4O3/c1-4-16-5-6-18(20-11-12-28-31(3)26(20)34)13-23(16)29-25(33)22-15-30(2)24(32)14-21(22)17-7-9-19(27)10-8-17/h5-13,15,21H,4,14H2,1-3H3,(H,29,33)/t21-/m0/s1. The molecule has 2 aromatic carbocycles. The van der Waals surface area contributed by atoms with Crippen LogP contribution in [0.5, 0.6) is 0 Å². The van der Waals surface area contributed by atoms with Crippen molar-refractivity contribution in [2.45, 2.75) is 25.7 Å². The Hall–Kier alpha value is -4.07. The van der Waals surface area contributed by atoms with Gasteiger partial charge in [0, 0.05) is 50.1 Å². The number of hydrogen-bond donors (Lipinski definition) is 1. The quantitative estimate of drug-likeness (QED) is 0.630. The lowest BCUT2D eigenvalue weighted by atomic mass is 9.85. The molecule has 1 N–H and O–H groups in total. The number of carbonyl (C=O) groups is 2. The lowest BCUT2D eigenvalue weighted by Gasteiger charge is -2.28. The molecular formula is C26H25FN4O3. The van der Waals surface area contributed by atoms with Gasteiger partial charge in [0.25, 0.3) is 11.5 Å². The normalized spacial score (nSPS) is 15.8. The Kier molecular flexibility index (Phi) is 6.40. The van der Waals surface area contributed by atoms with E-state index in [1.165, 1.54) is 27.9 Å². The molecule has 0 saturated heterocycles. The van der Waals surface area contributed by atoms with Crippen molar-refractivity contribution >= 4 is 17.5 Å². The van der Waals surface area contributed by atoms with Crippen LogP contribution in [0.3, 0.4) is 0 Å².